The molecule has 0 aliphatic carbocycles. The Morgan fingerprint density at radius 1 is 1.21 bits per heavy atom. The molecular formula is C20H17FN2O. The van der Waals surface area contributed by atoms with E-state index in [1.165, 1.54) is 17.7 Å². The third-order valence-corrected chi connectivity index (χ3v) is 4.23. The first-order chi connectivity index (χ1) is 11.6. The third kappa shape index (κ3) is 2.91. The van der Waals surface area contributed by atoms with Crippen LogP contribution < -0.4 is 5.32 Å². The maximum atomic E-state index is 13.1. The molecule has 3 nitrogen and oxygen atoms in total. The molecule has 0 aromatic heterocycles. The van der Waals surface area contributed by atoms with E-state index in [2.05, 4.69) is 41.2 Å². The largest absolute Gasteiger partial charge is 0.378 e. The Bertz CT molecular complexity index is 871. The Labute approximate surface area is 140 Å². The highest BCUT2D eigenvalue weighted by atomic mass is 19.1. The maximum Gasteiger partial charge on any atom is 0.123 e. The smallest absolute Gasteiger partial charge is 0.123 e. The Morgan fingerprint density at radius 3 is 2.71 bits per heavy atom. The number of fused-ring (bicyclic) bond motifs is 1. The molecule has 0 spiro atoms. The highest BCUT2D eigenvalue weighted by Gasteiger charge is 2.31. The molecule has 0 radical (unpaired) electrons. The molecule has 0 amide bonds. The molecule has 0 unspecified atom stereocenters. The molecule has 2 aliphatic heterocycles. The summed E-state index contributed by atoms with van der Waals surface area (Å²) in [5.41, 5.74) is 4.87. The molecule has 2 aliphatic rings. The van der Waals surface area contributed by atoms with Crippen molar-refractivity contribution in [1.29, 1.82) is 0 Å². The molecule has 1 fully saturated rings. The van der Waals surface area contributed by atoms with Gasteiger partial charge in [-0.15, -0.1) is 0 Å². The van der Waals surface area contributed by atoms with Gasteiger partial charge in [0.15, 0.2) is 0 Å². The number of nitrogens with one attached hydrogen (secondary N) is 1. The van der Waals surface area contributed by atoms with Crippen LogP contribution in [0.4, 0.5) is 15.8 Å². The molecular weight excluding hydrogens is 303 g/mol. The first-order valence-electron chi connectivity index (χ1n) is 7.92. The highest BCUT2D eigenvalue weighted by Crippen LogP contribution is 2.29. The van der Waals surface area contributed by atoms with Gasteiger partial charge in [-0.25, -0.2) is 4.39 Å². The summed E-state index contributed by atoms with van der Waals surface area (Å²) in [4.78, 5) is 4.32. The monoisotopic (exact) mass is 320 g/mol. The van der Waals surface area contributed by atoms with Crippen molar-refractivity contribution < 1.29 is 9.13 Å². The zero-order valence-electron chi connectivity index (χ0n) is 13.4. The first-order valence-corrected chi connectivity index (χ1v) is 7.92. The van der Waals surface area contributed by atoms with Gasteiger partial charge in [0.1, 0.15) is 5.82 Å². The number of hydrogen-bond acceptors (Lipinski definition) is 3. The molecule has 0 saturated carbocycles. The zero-order chi connectivity index (χ0) is 16.6. The summed E-state index contributed by atoms with van der Waals surface area (Å²) in [6.45, 7) is 4.15. The van der Waals surface area contributed by atoms with E-state index in [0.29, 0.717) is 19.8 Å². The second-order valence-corrected chi connectivity index (χ2v) is 6.50. The minimum Gasteiger partial charge on any atom is -0.378 e. The average molecular weight is 320 g/mol. The van der Waals surface area contributed by atoms with E-state index < -0.39 is 0 Å². The van der Waals surface area contributed by atoms with Crippen LogP contribution >= 0.6 is 0 Å². The second-order valence-electron chi connectivity index (χ2n) is 6.50. The van der Waals surface area contributed by atoms with Gasteiger partial charge in [0.05, 0.1) is 30.9 Å². The SMILES string of the molecule is CC1(C#Cc2cc3c(cc2Nc2ccc(F)cc2)C=NC3)COC1. The molecule has 2 aromatic rings. The number of nitrogens with zero attached hydrogens (tertiary/aromatic N) is 1. The van der Waals surface area contributed by atoms with Gasteiger partial charge in [0.25, 0.3) is 0 Å². The summed E-state index contributed by atoms with van der Waals surface area (Å²) in [5.74, 6) is 6.37. The molecule has 4 rings (SSSR count). The Balaban J connectivity index is 1.70. The van der Waals surface area contributed by atoms with Gasteiger partial charge in [-0.2, -0.15) is 0 Å². The van der Waals surface area contributed by atoms with Crippen LogP contribution in [-0.2, 0) is 11.3 Å². The fourth-order valence-corrected chi connectivity index (χ4v) is 2.75. The summed E-state index contributed by atoms with van der Waals surface area (Å²) in [5, 5.41) is 3.34. The molecule has 2 aromatic carbocycles. The maximum absolute atomic E-state index is 13.1. The van der Waals surface area contributed by atoms with Crippen LogP contribution in [0, 0.1) is 23.1 Å². The fourth-order valence-electron chi connectivity index (χ4n) is 2.75. The molecule has 2 heterocycles. The van der Waals surface area contributed by atoms with Crippen LogP contribution in [-0.4, -0.2) is 19.4 Å². The molecule has 0 bridgehead atoms. The topological polar surface area (TPSA) is 33.6 Å². The quantitative estimate of drug-likeness (QED) is 0.852. The van der Waals surface area contributed by atoms with E-state index in [-0.39, 0.29) is 11.2 Å². The van der Waals surface area contributed by atoms with Gasteiger partial charge in [0, 0.05) is 17.5 Å². The fraction of sp³-hybridized carbons (Fsp3) is 0.250. The predicted molar refractivity (Wildman–Crippen MR) is 93.2 cm³/mol. The second kappa shape index (κ2) is 5.77. The Hall–Kier alpha value is -2.64. The number of benzene rings is 2. The summed E-state index contributed by atoms with van der Waals surface area (Å²) in [7, 11) is 0. The van der Waals surface area contributed by atoms with Gasteiger partial charge in [0.2, 0.25) is 0 Å². The molecule has 1 N–H and O–H groups in total. The third-order valence-electron chi connectivity index (χ3n) is 4.23. The Morgan fingerprint density at radius 2 is 2.00 bits per heavy atom. The van der Waals surface area contributed by atoms with Gasteiger partial charge in [-0.1, -0.05) is 11.8 Å². The normalized spacial score (nSPS) is 16.8. The van der Waals surface area contributed by atoms with Crippen LogP contribution in [0.5, 0.6) is 0 Å². The lowest BCUT2D eigenvalue weighted by molar-refractivity contribution is -0.0648. The molecule has 4 heteroatoms. The van der Waals surface area contributed by atoms with Crippen molar-refractivity contribution >= 4 is 17.6 Å². The standard InChI is InChI=1S/C20H17FN2O/c1-20(12-24-13-20)7-6-14-8-15-10-22-11-16(15)9-19(14)23-18-4-2-17(21)3-5-18/h2-5,8-9,11,23H,10,12-13H2,1H3. The van der Waals surface area contributed by atoms with Crippen LogP contribution in [0.3, 0.4) is 0 Å². The van der Waals surface area contributed by atoms with Crippen molar-refractivity contribution in [1.82, 2.24) is 0 Å². The lowest BCUT2D eigenvalue weighted by Gasteiger charge is -2.32. The van der Waals surface area contributed by atoms with E-state index in [1.807, 2.05) is 6.21 Å². The average Bonchev–Trinajstić information content (AvgIpc) is 3.00. The lowest BCUT2D eigenvalue weighted by Crippen LogP contribution is -2.38. The van der Waals surface area contributed by atoms with Crippen LogP contribution in [0.1, 0.15) is 23.6 Å². The minimum atomic E-state index is -0.250. The lowest BCUT2D eigenvalue weighted by atomic mass is 9.89. The van der Waals surface area contributed by atoms with Gasteiger partial charge in [-0.3, -0.25) is 4.99 Å². The van der Waals surface area contributed by atoms with Gasteiger partial charge in [-0.05, 0) is 54.4 Å². The van der Waals surface area contributed by atoms with E-state index in [1.54, 1.807) is 12.1 Å². The molecule has 24 heavy (non-hydrogen) atoms. The first kappa shape index (κ1) is 14.9. The van der Waals surface area contributed by atoms with Crippen molar-refractivity contribution in [2.45, 2.75) is 13.5 Å². The molecule has 120 valence electrons. The van der Waals surface area contributed by atoms with Crippen LogP contribution in [0.25, 0.3) is 0 Å². The number of aliphatic imine (C=N–C) groups is 1. The summed E-state index contributed by atoms with van der Waals surface area (Å²) in [6, 6.07) is 10.5. The number of anilines is 2. The van der Waals surface area contributed by atoms with Crippen molar-refractivity contribution in [3.63, 3.8) is 0 Å². The summed E-state index contributed by atoms with van der Waals surface area (Å²) in [6.07, 6.45) is 1.88. The van der Waals surface area contributed by atoms with E-state index >= 15 is 0 Å². The highest BCUT2D eigenvalue weighted by molar-refractivity contribution is 5.88. The van der Waals surface area contributed by atoms with E-state index in [4.69, 9.17) is 4.74 Å². The minimum absolute atomic E-state index is 0.0668. The number of halogens is 1. The van der Waals surface area contributed by atoms with Crippen molar-refractivity contribution in [2.24, 2.45) is 10.4 Å². The van der Waals surface area contributed by atoms with E-state index in [0.717, 1.165) is 22.5 Å². The number of rotatable bonds is 2. The summed E-state index contributed by atoms with van der Waals surface area (Å²) < 4.78 is 18.4. The molecule has 0 atom stereocenters. The Kier molecular flexibility index (Phi) is 3.59. The summed E-state index contributed by atoms with van der Waals surface area (Å²) >= 11 is 0. The van der Waals surface area contributed by atoms with Crippen molar-refractivity contribution in [3.8, 4) is 11.8 Å². The van der Waals surface area contributed by atoms with Gasteiger partial charge < -0.3 is 10.1 Å². The zero-order valence-corrected chi connectivity index (χ0v) is 13.4. The molecule has 1 saturated heterocycles. The van der Waals surface area contributed by atoms with Crippen molar-refractivity contribution in [2.75, 3.05) is 18.5 Å². The van der Waals surface area contributed by atoms with Crippen LogP contribution in [0.15, 0.2) is 41.4 Å². The van der Waals surface area contributed by atoms with Crippen LogP contribution in [0.2, 0.25) is 0 Å². The predicted octanol–water partition coefficient (Wildman–Crippen LogP) is 3.89. The number of hydrogen-bond donors (Lipinski definition) is 1. The number of ether oxygens (including phenoxy) is 1. The van der Waals surface area contributed by atoms with Gasteiger partial charge >= 0.3 is 0 Å². The van der Waals surface area contributed by atoms with Crippen molar-refractivity contribution in [3.05, 3.63) is 58.9 Å². The van der Waals surface area contributed by atoms with E-state index in [9.17, 15) is 4.39 Å².